The summed E-state index contributed by atoms with van der Waals surface area (Å²) in [6, 6.07) is 69.2. The summed E-state index contributed by atoms with van der Waals surface area (Å²) >= 11 is 1.84. The zero-order chi connectivity index (χ0) is 36.3. The second-order valence-corrected chi connectivity index (χ2v) is 15.0. The molecular weight excluding hydrogens is 689 g/mol. The number of rotatable bonds is 6. The Hall–Kier alpha value is -7.01. The summed E-state index contributed by atoms with van der Waals surface area (Å²) in [7, 11) is 0. The van der Waals surface area contributed by atoms with Crippen molar-refractivity contribution >= 4 is 81.2 Å². The molecule has 9 aromatic carbocycles. The number of anilines is 3. The normalized spacial score (nSPS) is 11.6. The van der Waals surface area contributed by atoms with Gasteiger partial charge in [0, 0.05) is 53.7 Å². The van der Waals surface area contributed by atoms with E-state index in [0.717, 1.165) is 55.6 Å². The van der Waals surface area contributed by atoms with E-state index in [1.54, 1.807) is 0 Å². The number of fused-ring (bicyclic) bond motifs is 8. The van der Waals surface area contributed by atoms with Gasteiger partial charge < -0.3 is 9.32 Å². The number of nitrogens with zero attached hydrogens (tertiary/aromatic N) is 2. The molecule has 0 bridgehead atoms. The zero-order valence-corrected chi connectivity index (χ0v) is 30.5. The van der Waals surface area contributed by atoms with Gasteiger partial charge in [-0.15, -0.1) is 11.3 Å². The second-order valence-electron chi connectivity index (χ2n) is 13.9. The summed E-state index contributed by atoms with van der Waals surface area (Å²) < 4.78 is 9.21. The Morgan fingerprint density at radius 3 is 1.89 bits per heavy atom. The molecule has 0 saturated heterocycles. The monoisotopic (exact) mass is 720 g/mol. The highest BCUT2D eigenvalue weighted by molar-refractivity contribution is 7.25. The predicted octanol–water partition coefficient (Wildman–Crippen LogP) is 15.0. The molecule has 0 unspecified atom stereocenters. The van der Waals surface area contributed by atoms with Crippen LogP contribution in [0.3, 0.4) is 0 Å². The lowest BCUT2D eigenvalue weighted by Crippen LogP contribution is -2.10. The van der Waals surface area contributed by atoms with Gasteiger partial charge in [0.25, 0.3) is 0 Å². The maximum Gasteiger partial charge on any atom is 0.227 e. The number of aromatic nitrogens is 1. The fraction of sp³-hybridized carbons (Fsp3) is 0. The fourth-order valence-electron chi connectivity index (χ4n) is 8.02. The molecule has 3 nitrogen and oxygen atoms in total. The molecule has 0 amide bonds. The maximum atomic E-state index is 6.64. The summed E-state index contributed by atoms with van der Waals surface area (Å²) in [6.07, 6.45) is 0. The van der Waals surface area contributed by atoms with Crippen molar-refractivity contribution in [3.8, 4) is 33.7 Å². The van der Waals surface area contributed by atoms with Crippen molar-refractivity contribution in [1.29, 1.82) is 0 Å². The van der Waals surface area contributed by atoms with E-state index in [4.69, 9.17) is 9.40 Å². The minimum atomic E-state index is 0.621. The first kappa shape index (κ1) is 31.5. The van der Waals surface area contributed by atoms with E-state index in [0.29, 0.717) is 5.89 Å². The quantitative estimate of drug-likeness (QED) is 0.160. The van der Waals surface area contributed by atoms with Crippen LogP contribution in [0.4, 0.5) is 17.1 Å². The third kappa shape index (κ3) is 5.38. The molecule has 2 aromatic heterocycles. The highest BCUT2D eigenvalue weighted by atomic mass is 32.1. The lowest BCUT2D eigenvalue weighted by Gasteiger charge is -2.26. The minimum absolute atomic E-state index is 0.621. The lowest BCUT2D eigenvalue weighted by atomic mass is 9.95. The molecule has 4 heteroatoms. The average Bonchev–Trinajstić information content (AvgIpc) is 3.87. The molecule has 0 atom stereocenters. The Labute approximate surface area is 322 Å². The predicted molar refractivity (Wildman–Crippen MR) is 233 cm³/mol. The van der Waals surface area contributed by atoms with Crippen molar-refractivity contribution in [1.82, 2.24) is 4.98 Å². The summed E-state index contributed by atoms with van der Waals surface area (Å²) in [5.41, 5.74) is 10.4. The van der Waals surface area contributed by atoms with Gasteiger partial charge in [0.05, 0.1) is 0 Å². The van der Waals surface area contributed by atoms with Gasteiger partial charge in [-0.2, -0.15) is 0 Å². The van der Waals surface area contributed by atoms with Gasteiger partial charge in [-0.3, -0.25) is 0 Å². The van der Waals surface area contributed by atoms with Gasteiger partial charge in [0.2, 0.25) is 5.89 Å². The SMILES string of the molecule is c1ccc(-c2cccc(N(c3ccc(-c4cc5c6ccccc6ccc5c5oc(-c6ccccc6)nc45)cc3)c3ccc4c(c3)sc3ccccc34)c2)cc1. The van der Waals surface area contributed by atoms with E-state index < -0.39 is 0 Å². The van der Waals surface area contributed by atoms with E-state index >= 15 is 0 Å². The molecule has 0 aliphatic heterocycles. The van der Waals surface area contributed by atoms with E-state index in [-0.39, 0.29) is 0 Å². The topological polar surface area (TPSA) is 29.3 Å². The minimum Gasteiger partial charge on any atom is -0.435 e. The van der Waals surface area contributed by atoms with Crippen molar-refractivity contribution < 1.29 is 4.42 Å². The smallest absolute Gasteiger partial charge is 0.227 e. The van der Waals surface area contributed by atoms with Crippen LogP contribution >= 0.6 is 11.3 Å². The van der Waals surface area contributed by atoms with Gasteiger partial charge >= 0.3 is 0 Å². The highest BCUT2D eigenvalue weighted by Gasteiger charge is 2.20. The third-order valence-corrected chi connectivity index (χ3v) is 11.8. The summed E-state index contributed by atoms with van der Waals surface area (Å²) in [5, 5.41) is 7.18. The molecule has 0 fully saturated rings. The average molecular weight is 721 g/mol. The molecule has 0 spiro atoms. The summed E-state index contributed by atoms with van der Waals surface area (Å²) in [5.74, 6) is 0.621. The van der Waals surface area contributed by atoms with Gasteiger partial charge in [0.1, 0.15) is 5.52 Å². The van der Waals surface area contributed by atoms with E-state index in [1.165, 1.54) is 42.1 Å². The lowest BCUT2D eigenvalue weighted by molar-refractivity contribution is 0.623. The summed E-state index contributed by atoms with van der Waals surface area (Å²) in [6.45, 7) is 0. The Morgan fingerprint density at radius 2 is 1.05 bits per heavy atom. The maximum absolute atomic E-state index is 6.64. The second kappa shape index (κ2) is 12.8. The Kier molecular flexibility index (Phi) is 7.35. The van der Waals surface area contributed by atoms with Crippen LogP contribution in [0, 0.1) is 0 Å². The Morgan fingerprint density at radius 1 is 0.400 bits per heavy atom. The van der Waals surface area contributed by atoms with E-state index in [2.05, 4.69) is 169 Å². The van der Waals surface area contributed by atoms with Crippen molar-refractivity contribution in [2.75, 3.05) is 4.90 Å². The molecule has 0 radical (unpaired) electrons. The summed E-state index contributed by atoms with van der Waals surface area (Å²) in [4.78, 5) is 7.52. The largest absolute Gasteiger partial charge is 0.435 e. The molecule has 0 N–H and O–H groups in total. The fourth-order valence-corrected chi connectivity index (χ4v) is 9.16. The molecule has 2 heterocycles. The molecule has 0 aliphatic carbocycles. The van der Waals surface area contributed by atoms with E-state index in [9.17, 15) is 0 Å². The van der Waals surface area contributed by atoms with Crippen LogP contribution in [0.5, 0.6) is 0 Å². The van der Waals surface area contributed by atoms with Gasteiger partial charge in [-0.05, 0) is 99.6 Å². The van der Waals surface area contributed by atoms with Crippen molar-refractivity contribution in [2.45, 2.75) is 0 Å². The molecular formula is C51H32N2OS. The molecule has 0 aliphatic rings. The molecule has 55 heavy (non-hydrogen) atoms. The zero-order valence-electron chi connectivity index (χ0n) is 29.7. The first-order valence-corrected chi connectivity index (χ1v) is 19.3. The molecule has 0 saturated carbocycles. The van der Waals surface area contributed by atoms with Crippen LogP contribution < -0.4 is 4.90 Å². The highest BCUT2D eigenvalue weighted by Crippen LogP contribution is 2.44. The van der Waals surface area contributed by atoms with Crippen LogP contribution in [-0.4, -0.2) is 4.98 Å². The van der Waals surface area contributed by atoms with Crippen LogP contribution in [0.2, 0.25) is 0 Å². The first-order chi connectivity index (χ1) is 27.2. The first-order valence-electron chi connectivity index (χ1n) is 18.5. The van der Waals surface area contributed by atoms with Gasteiger partial charge in [-0.25, -0.2) is 4.98 Å². The molecule has 11 rings (SSSR count). The van der Waals surface area contributed by atoms with Crippen molar-refractivity contribution in [2.24, 2.45) is 0 Å². The standard InChI is InChI=1S/C51H32N2OS/c1-3-12-33(13-4-1)37-17-11-18-39(30-37)53(40-27-29-43-42-20-9-10-21-47(42)55-48(43)31-40)38-25-22-35(23-26-38)45-32-46-41-19-8-7-14-34(41)24-28-44(46)50-49(45)52-51(54-50)36-15-5-2-6-16-36/h1-32H. The molecule has 258 valence electrons. The molecule has 11 aromatic rings. The number of hydrogen-bond donors (Lipinski definition) is 0. The number of benzene rings is 9. The van der Waals surface area contributed by atoms with Gasteiger partial charge in [0.15, 0.2) is 5.58 Å². The van der Waals surface area contributed by atoms with Crippen LogP contribution in [0.25, 0.3) is 86.5 Å². The van der Waals surface area contributed by atoms with Crippen LogP contribution in [0.15, 0.2) is 199 Å². The van der Waals surface area contributed by atoms with E-state index in [1.807, 2.05) is 41.7 Å². The number of hydrogen-bond acceptors (Lipinski definition) is 4. The Bertz CT molecular complexity index is 3200. The van der Waals surface area contributed by atoms with Crippen molar-refractivity contribution in [3.63, 3.8) is 0 Å². The number of thiophene rings is 1. The van der Waals surface area contributed by atoms with Crippen LogP contribution in [0.1, 0.15) is 0 Å². The van der Waals surface area contributed by atoms with Gasteiger partial charge in [-0.1, -0.05) is 127 Å². The van der Waals surface area contributed by atoms with Crippen LogP contribution in [-0.2, 0) is 0 Å². The number of oxazole rings is 1. The van der Waals surface area contributed by atoms with Crippen molar-refractivity contribution in [3.05, 3.63) is 194 Å². The Balaban J connectivity index is 1.09. The third-order valence-electron chi connectivity index (χ3n) is 10.7.